The normalized spacial score (nSPS) is 16.5. The standard InChI is InChI=1S/C18H20N2OS2/c1-2-3-4-7-10-20-12-13(14-8-5-6-9-15(14)20)11-16-17(21)19-18(22)23-16/h5-6,8-9,11-12H,2-4,7,10H2,1H3,(H,19,21,22)/b16-11+. The molecular weight excluding hydrogens is 324 g/mol. The van der Waals surface area contributed by atoms with Gasteiger partial charge in [-0.25, -0.2) is 0 Å². The van der Waals surface area contributed by atoms with Crippen LogP contribution in [0.15, 0.2) is 35.4 Å². The second kappa shape index (κ2) is 7.32. The van der Waals surface area contributed by atoms with Crippen LogP contribution < -0.4 is 5.32 Å². The van der Waals surface area contributed by atoms with E-state index in [4.69, 9.17) is 12.2 Å². The van der Waals surface area contributed by atoms with Gasteiger partial charge in [-0.2, -0.15) is 0 Å². The summed E-state index contributed by atoms with van der Waals surface area (Å²) in [5.41, 5.74) is 2.31. The number of amides is 1. The fourth-order valence-corrected chi connectivity index (χ4v) is 3.88. The molecule has 1 aliphatic heterocycles. The molecule has 1 aliphatic rings. The number of thiocarbonyl (C=S) groups is 1. The Hall–Kier alpha value is -1.59. The molecule has 0 unspecified atom stereocenters. The lowest BCUT2D eigenvalue weighted by molar-refractivity contribution is -0.115. The maximum atomic E-state index is 11.9. The van der Waals surface area contributed by atoms with Gasteiger partial charge in [0.05, 0.1) is 4.91 Å². The molecule has 0 spiro atoms. The van der Waals surface area contributed by atoms with Crippen molar-refractivity contribution in [2.75, 3.05) is 0 Å². The molecule has 1 saturated heterocycles. The van der Waals surface area contributed by atoms with Gasteiger partial charge < -0.3 is 9.88 Å². The third-order valence-corrected chi connectivity index (χ3v) is 5.16. The predicted molar refractivity (Wildman–Crippen MR) is 102 cm³/mol. The molecule has 3 rings (SSSR count). The third kappa shape index (κ3) is 3.67. The largest absolute Gasteiger partial charge is 0.347 e. The summed E-state index contributed by atoms with van der Waals surface area (Å²) in [6.07, 6.45) is 9.07. The Balaban J connectivity index is 1.90. The zero-order valence-electron chi connectivity index (χ0n) is 13.2. The van der Waals surface area contributed by atoms with Gasteiger partial charge in [0.1, 0.15) is 4.32 Å². The number of fused-ring (bicyclic) bond motifs is 1. The summed E-state index contributed by atoms with van der Waals surface area (Å²) in [5.74, 6) is -0.0974. The first-order valence-electron chi connectivity index (χ1n) is 8.02. The summed E-state index contributed by atoms with van der Waals surface area (Å²) in [4.78, 5) is 12.6. The minimum atomic E-state index is -0.0974. The number of para-hydroxylation sites is 1. The molecule has 2 heterocycles. The van der Waals surface area contributed by atoms with E-state index in [-0.39, 0.29) is 5.91 Å². The number of nitrogens with zero attached hydrogens (tertiary/aromatic N) is 1. The number of nitrogens with one attached hydrogen (secondary N) is 1. The smallest absolute Gasteiger partial charge is 0.263 e. The molecule has 0 bridgehead atoms. The molecule has 0 atom stereocenters. The summed E-state index contributed by atoms with van der Waals surface area (Å²) in [6, 6.07) is 8.36. The maximum absolute atomic E-state index is 11.9. The SMILES string of the molecule is CCCCCCn1cc(/C=C2/SC(=S)NC2=O)c2ccccc21. The highest BCUT2D eigenvalue weighted by molar-refractivity contribution is 8.26. The molecule has 1 aromatic heterocycles. The van der Waals surface area contributed by atoms with Crippen LogP contribution in [0.2, 0.25) is 0 Å². The summed E-state index contributed by atoms with van der Waals surface area (Å²) in [5, 5.41) is 3.85. The van der Waals surface area contributed by atoms with Crippen molar-refractivity contribution in [3.05, 3.63) is 40.9 Å². The molecule has 1 fully saturated rings. The van der Waals surface area contributed by atoms with Gasteiger partial charge in [0.2, 0.25) is 0 Å². The predicted octanol–water partition coefficient (Wildman–Crippen LogP) is 4.71. The molecule has 2 aromatic rings. The highest BCUT2D eigenvalue weighted by Crippen LogP contribution is 2.30. The first-order valence-corrected chi connectivity index (χ1v) is 9.24. The monoisotopic (exact) mass is 344 g/mol. The average molecular weight is 345 g/mol. The summed E-state index contributed by atoms with van der Waals surface area (Å²) < 4.78 is 2.83. The van der Waals surface area contributed by atoms with Crippen molar-refractivity contribution in [2.45, 2.75) is 39.2 Å². The Morgan fingerprint density at radius 2 is 2.09 bits per heavy atom. The average Bonchev–Trinajstić information content (AvgIpc) is 3.05. The minimum Gasteiger partial charge on any atom is -0.347 e. The maximum Gasteiger partial charge on any atom is 0.263 e. The number of thioether (sulfide) groups is 1. The second-order valence-corrected chi connectivity index (χ2v) is 7.43. The highest BCUT2D eigenvalue weighted by Gasteiger charge is 2.22. The van der Waals surface area contributed by atoms with Crippen LogP contribution in [0.25, 0.3) is 17.0 Å². The minimum absolute atomic E-state index is 0.0974. The molecule has 1 N–H and O–H groups in total. The second-order valence-electron chi connectivity index (χ2n) is 5.71. The van der Waals surface area contributed by atoms with Crippen molar-refractivity contribution >= 4 is 51.2 Å². The van der Waals surface area contributed by atoms with Crippen molar-refractivity contribution < 1.29 is 4.79 Å². The Kier molecular flexibility index (Phi) is 5.18. The Labute approximate surface area is 146 Å². The fraction of sp³-hybridized carbons (Fsp3) is 0.333. The van der Waals surface area contributed by atoms with Gasteiger partial charge in [-0.3, -0.25) is 4.79 Å². The molecule has 23 heavy (non-hydrogen) atoms. The summed E-state index contributed by atoms with van der Waals surface area (Å²) in [7, 11) is 0. The molecule has 1 aromatic carbocycles. The number of hydrogen-bond donors (Lipinski definition) is 1. The number of rotatable bonds is 6. The highest BCUT2D eigenvalue weighted by atomic mass is 32.2. The zero-order valence-corrected chi connectivity index (χ0v) is 14.8. The Bertz CT molecular complexity index is 776. The molecule has 0 saturated carbocycles. The van der Waals surface area contributed by atoms with Gasteiger partial charge in [0.25, 0.3) is 5.91 Å². The van der Waals surface area contributed by atoms with E-state index in [0.29, 0.717) is 9.23 Å². The molecule has 5 heteroatoms. The van der Waals surface area contributed by atoms with E-state index in [1.54, 1.807) is 0 Å². The molecular formula is C18H20N2OS2. The summed E-state index contributed by atoms with van der Waals surface area (Å²) >= 11 is 6.39. The van der Waals surface area contributed by atoms with Crippen LogP contribution in [-0.4, -0.2) is 14.8 Å². The van der Waals surface area contributed by atoms with Crippen LogP contribution in [0.3, 0.4) is 0 Å². The van der Waals surface area contributed by atoms with Gasteiger partial charge >= 0.3 is 0 Å². The van der Waals surface area contributed by atoms with Crippen molar-refractivity contribution in [3.63, 3.8) is 0 Å². The van der Waals surface area contributed by atoms with E-state index in [0.717, 1.165) is 12.1 Å². The van der Waals surface area contributed by atoms with Crippen LogP contribution >= 0.6 is 24.0 Å². The molecule has 120 valence electrons. The van der Waals surface area contributed by atoms with E-state index in [2.05, 4.69) is 41.2 Å². The van der Waals surface area contributed by atoms with E-state index in [1.807, 2.05) is 12.1 Å². The van der Waals surface area contributed by atoms with Gasteiger partial charge in [-0.05, 0) is 18.6 Å². The van der Waals surface area contributed by atoms with Gasteiger partial charge in [0, 0.05) is 29.2 Å². The number of aryl methyl sites for hydroxylation is 1. The Morgan fingerprint density at radius 3 is 2.83 bits per heavy atom. The topological polar surface area (TPSA) is 34.0 Å². The van der Waals surface area contributed by atoms with Crippen LogP contribution in [0, 0.1) is 0 Å². The number of carbonyl (C=O) groups is 1. The van der Waals surface area contributed by atoms with Crippen LogP contribution in [0.5, 0.6) is 0 Å². The number of benzene rings is 1. The number of carbonyl (C=O) groups excluding carboxylic acids is 1. The quantitative estimate of drug-likeness (QED) is 0.468. The molecule has 0 radical (unpaired) electrons. The first-order chi connectivity index (χ1) is 11.2. The van der Waals surface area contributed by atoms with E-state index < -0.39 is 0 Å². The van der Waals surface area contributed by atoms with Crippen molar-refractivity contribution in [2.24, 2.45) is 0 Å². The van der Waals surface area contributed by atoms with Crippen molar-refractivity contribution in [1.82, 2.24) is 9.88 Å². The first kappa shape index (κ1) is 16.3. The van der Waals surface area contributed by atoms with E-state index in [9.17, 15) is 4.79 Å². The zero-order chi connectivity index (χ0) is 16.2. The number of aromatic nitrogens is 1. The van der Waals surface area contributed by atoms with E-state index >= 15 is 0 Å². The van der Waals surface area contributed by atoms with Crippen molar-refractivity contribution in [3.8, 4) is 0 Å². The number of hydrogen-bond acceptors (Lipinski definition) is 3. The third-order valence-electron chi connectivity index (χ3n) is 4.00. The van der Waals surface area contributed by atoms with Gasteiger partial charge in [0.15, 0.2) is 0 Å². The lowest BCUT2D eigenvalue weighted by Gasteiger charge is -2.04. The number of unbranched alkanes of at least 4 members (excludes halogenated alkanes) is 3. The molecule has 0 aliphatic carbocycles. The molecule has 1 amide bonds. The lowest BCUT2D eigenvalue weighted by Crippen LogP contribution is -2.17. The molecule has 3 nitrogen and oxygen atoms in total. The van der Waals surface area contributed by atoms with Gasteiger partial charge in [-0.15, -0.1) is 0 Å². The van der Waals surface area contributed by atoms with Crippen LogP contribution in [0.4, 0.5) is 0 Å². The van der Waals surface area contributed by atoms with Crippen molar-refractivity contribution in [1.29, 1.82) is 0 Å². The Morgan fingerprint density at radius 1 is 1.26 bits per heavy atom. The van der Waals surface area contributed by atoms with E-state index in [1.165, 1.54) is 48.3 Å². The van der Waals surface area contributed by atoms with Gasteiger partial charge in [-0.1, -0.05) is 68.4 Å². The lowest BCUT2D eigenvalue weighted by atomic mass is 10.1. The fourth-order valence-electron chi connectivity index (χ4n) is 2.85. The van der Waals surface area contributed by atoms with Crippen LogP contribution in [0.1, 0.15) is 38.2 Å². The summed E-state index contributed by atoms with van der Waals surface area (Å²) in [6.45, 7) is 3.24. The van der Waals surface area contributed by atoms with Crippen LogP contribution in [-0.2, 0) is 11.3 Å².